The van der Waals surface area contributed by atoms with Gasteiger partial charge in [0, 0.05) is 19.4 Å². The number of unbranched alkanes of at least 4 members (excludes halogenated alkanes) is 13. The minimum atomic E-state index is -4.40. The van der Waals surface area contributed by atoms with Crippen LogP contribution < -0.4 is 5.73 Å². The molecule has 294 valence electrons. The van der Waals surface area contributed by atoms with Crippen LogP contribution in [0.4, 0.5) is 0 Å². The number of ether oxygens (including phenoxy) is 2. The molecule has 10 heteroatoms. The predicted molar refractivity (Wildman–Crippen MR) is 210 cm³/mol. The van der Waals surface area contributed by atoms with Crippen LogP contribution in [0.5, 0.6) is 0 Å². The van der Waals surface area contributed by atoms with Crippen LogP contribution in [-0.4, -0.2) is 49.3 Å². The standard InChI is InChI=1S/C41H72NO8P/c1-3-5-7-9-11-13-15-17-19-21-23-25-27-29-31-33-40(43)47-37-39(38-49-51(45,46)48-36-35-42)50-41(44)34-32-30-28-26-24-22-20-18-16-14-12-10-8-6-4-2/h15,17,21-24,27-30,39H,3-14,16,18-20,25-26,31-38,42H2,1-2H3,(H,45,46)/b17-15-,23-21-,24-22-,29-27-,30-28-. The van der Waals surface area contributed by atoms with E-state index in [0.717, 1.165) is 32.1 Å². The third-order valence-corrected chi connectivity index (χ3v) is 8.89. The van der Waals surface area contributed by atoms with Crippen LogP contribution >= 0.6 is 7.82 Å². The number of rotatable bonds is 36. The van der Waals surface area contributed by atoms with E-state index in [1.807, 2.05) is 24.3 Å². The van der Waals surface area contributed by atoms with Gasteiger partial charge in [-0.2, -0.15) is 0 Å². The summed E-state index contributed by atoms with van der Waals surface area (Å²) < 4.78 is 32.5. The van der Waals surface area contributed by atoms with Gasteiger partial charge in [-0.1, -0.05) is 145 Å². The molecule has 0 aliphatic heterocycles. The van der Waals surface area contributed by atoms with Gasteiger partial charge in [0.15, 0.2) is 6.10 Å². The second-order valence-electron chi connectivity index (χ2n) is 12.8. The summed E-state index contributed by atoms with van der Waals surface area (Å²) in [5.74, 6) is -1.000. The Morgan fingerprint density at radius 3 is 1.51 bits per heavy atom. The zero-order valence-electron chi connectivity index (χ0n) is 32.1. The Labute approximate surface area is 310 Å². The van der Waals surface area contributed by atoms with E-state index in [-0.39, 0.29) is 32.6 Å². The second-order valence-corrected chi connectivity index (χ2v) is 14.2. The van der Waals surface area contributed by atoms with E-state index in [0.29, 0.717) is 12.8 Å². The first-order valence-electron chi connectivity index (χ1n) is 19.8. The quantitative estimate of drug-likeness (QED) is 0.0279. The van der Waals surface area contributed by atoms with Crippen LogP contribution in [-0.2, 0) is 32.7 Å². The molecule has 0 aromatic carbocycles. The molecule has 0 aromatic heterocycles. The highest BCUT2D eigenvalue weighted by Crippen LogP contribution is 2.43. The number of esters is 2. The van der Waals surface area contributed by atoms with Crippen molar-refractivity contribution in [3.8, 4) is 0 Å². The largest absolute Gasteiger partial charge is 0.472 e. The van der Waals surface area contributed by atoms with Crippen molar-refractivity contribution >= 4 is 19.8 Å². The molecule has 0 amide bonds. The number of carbonyl (C=O) groups is 2. The van der Waals surface area contributed by atoms with Crippen molar-refractivity contribution in [1.29, 1.82) is 0 Å². The molecule has 0 aliphatic rings. The first-order valence-corrected chi connectivity index (χ1v) is 21.3. The molecule has 0 heterocycles. The van der Waals surface area contributed by atoms with Crippen molar-refractivity contribution in [2.45, 2.75) is 161 Å². The second kappa shape index (κ2) is 37.5. The first kappa shape index (κ1) is 48.7. The summed E-state index contributed by atoms with van der Waals surface area (Å²) in [4.78, 5) is 34.7. The zero-order valence-corrected chi connectivity index (χ0v) is 33.0. The number of hydrogen-bond acceptors (Lipinski definition) is 8. The van der Waals surface area contributed by atoms with Gasteiger partial charge in [0.2, 0.25) is 0 Å². The van der Waals surface area contributed by atoms with Crippen LogP contribution in [0.25, 0.3) is 0 Å². The summed E-state index contributed by atoms with van der Waals surface area (Å²) in [5.41, 5.74) is 5.32. The van der Waals surface area contributed by atoms with E-state index in [1.54, 1.807) is 0 Å². The van der Waals surface area contributed by atoms with Gasteiger partial charge in [-0.15, -0.1) is 0 Å². The molecule has 51 heavy (non-hydrogen) atoms. The molecule has 0 radical (unpaired) electrons. The van der Waals surface area contributed by atoms with Gasteiger partial charge in [0.25, 0.3) is 0 Å². The molecule has 0 fully saturated rings. The normalized spacial score (nSPS) is 14.0. The first-order chi connectivity index (χ1) is 24.8. The van der Waals surface area contributed by atoms with Gasteiger partial charge >= 0.3 is 19.8 Å². The van der Waals surface area contributed by atoms with Gasteiger partial charge in [-0.05, 0) is 57.8 Å². The highest BCUT2D eigenvalue weighted by atomic mass is 31.2. The van der Waals surface area contributed by atoms with Crippen LogP contribution in [0.3, 0.4) is 0 Å². The molecule has 0 rings (SSSR count). The Hall–Kier alpha value is -2.29. The molecule has 0 aromatic rings. The van der Waals surface area contributed by atoms with Crippen LogP contribution in [0.15, 0.2) is 60.8 Å². The number of phosphoric ester groups is 1. The van der Waals surface area contributed by atoms with E-state index in [4.69, 9.17) is 24.3 Å². The molecular weight excluding hydrogens is 665 g/mol. The van der Waals surface area contributed by atoms with Gasteiger partial charge in [0.1, 0.15) is 6.61 Å². The lowest BCUT2D eigenvalue weighted by molar-refractivity contribution is -0.161. The summed E-state index contributed by atoms with van der Waals surface area (Å²) in [5, 5.41) is 0. The molecular formula is C41H72NO8P. The molecule has 3 N–H and O–H groups in total. The fourth-order valence-corrected chi connectivity index (χ4v) is 5.72. The third-order valence-electron chi connectivity index (χ3n) is 7.90. The Bertz CT molecular complexity index is 1020. The molecule has 0 saturated carbocycles. The fraction of sp³-hybridized carbons (Fsp3) is 0.707. The Morgan fingerprint density at radius 2 is 1.02 bits per heavy atom. The average Bonchev–Trinajstić information content (AvgIpc) is 3.11. The lowest BCUT2D eigenvalue weighted by atomic mass is 10.1. The van der Waals surface area contributed by atoms with E-state index in [2.05, 4.69) is 50.3 Å². The topological polar surface area (TPSA) is 134 Å². The van der Waals surface area contributed by atoms with Crippen LogP contribution in [0, 0.1) is 0 Å². The van der Waals surface area contributed by atoms with E-state index in [1.165, 1.54) is 83.5 Å². The SMILES string of the molecule is CCCCCCC/C=C\C/C=C\C/C=C\CCC(=O)OCC(COP(=O)(O)OCCN)OC(=O)CC/C=C\C/C=C\CCCCCCCCCC. The van der Waals surface area contributed by atoms with Crippen molar-refractivity contribution in [1.82, 2.24) is 0 Å². The monoisotopic (exact) mass is 737 g/mol. The summed E-state index contributed by atoms with van der Waals surface area (Å²) in [7, 11) is -4.40. The van der Waals surface area contributed by atoms with E-state index in [9.17, 15) is 19.0 Å². The number of nitrogens with two attached hydrogens (primary N) is 1. The Kier molecular flexibility index (Phi) is 35.8. The van der Waals surface area contributed by atoms with Gasteiger partial charge in [-0.25, -0.2) is 4.57 Å². The number of phosphoric acid groups is 1. The maximum atomic E-state index is 12.5. The van der Waals surface area contributed by atoms with Crippen molar-refractivity contribution in [2.24, 2.45) is 5.73 Å². The minimum absolute atomic E-state index is 0.0356. The summed E-state index contributed by atoms with van der Waals surface area (Å²) in [6.45, 7) is 3.55. The Morgan fingerprint density at radius 1 is 0.588 bits per heavy atom. The smallest absolute Gasteiger partial charge is 0.462 e. The molecule has 0 spiro atoms. The highest BCUT2D eigenvalue weighted by molar-refractivity contribution is 7.47. The summed E-state index contributed by atoms with van der Waals surface area (Å²) >= 11 is 0. The number of carbonyl (C=O) groups excluding carboxylic acids is 2. The molecule has 0 bridgehead atoms. The van der Waals surface area contributed by atoms with Crippen LogP contribution in [0.1, 0.15) is 155 Å². The predicted octanol–water partition coefficient (Wildman–Crippen LogP) is 10.9. The minimum Gasteiger partial charge on any atom is -0.462 e. The van der Waals surface area contributed by atoms with Crippen LogP contribution in [0.2, 0.25) is 0 Å². The fourth-order valence-electron chi connectivity index (χ4n) is 4.95. The number of allylic oxidation sites excluding steroid dienone is 10. The molecule has 9 nitrogen and oxygen atoms in total. The molecule has 0 saturated heterocycles. The zero-order chi connectivity index (χ0) is 37.5. The van der Waals surface area contributed by atoms with E-state index < -0.39 is 32.5 Å². The van der Waals surface area contributed by atoms with Crippen molar-refractivity contribution in [2.75, 3.05) is 26.4 Å². The maximum Gasteiger partial charge on any atom is 0.472 e. The maximum absolute atomic E-state index is 12.5. The van der Waals surface area contributed by atoms with Gasteiger partial charge in [-0.3, -0.25) is 18.6 Å². The van der Waals surface area contributed by atoms with E-state index >= 15 is 0 Å². The lowest BCUT2D eigenvalue weighted by Crippen LogP contribution is -2.29. The van der Waals surface area contributed by atoms with Crippen molar-refractivity contribution in [3.63, 3.8) is 0 Å². The molecule has 0 aliphatic carbocycles. The molecule has 2 atom stereocenters. The average molecular weight is 738 g/mol. The molecule has 2 unspecified atom stereocenters. The number of hydrogen-bond donors (Lipinski definition) is 2. The summed E-state index contributed by atoms with van der Waals surface area (Å²) in [6, 6.07) is 0. The lowest BCUT2D eigenvalue weighted by Gasteiger charge is -2.19. The van der Waals surface area contributed by atoms with Gasteiger partial charge < -0.3 is 20.1 Å². The highest BCUT2D eigenvalue weighted by Gasteiger charge is 2.25. The Balaban J connectivity index is 4.40. The van der Waals surface area contributed by atoms with Gasteiger partial charge in [0.05, 0.1) is 13.2 Å². The van der Waals surface area contributed by atoms with Crippen molar-refractivity contribution in [3.05, 3.63) is 60.8 Å². The summed E-state index contributed by atoms with van der Waals surface area (Å²) in [6.07, 6.45) is 42.8. The van der Waals surface area contributed by atoms with Crippen molar-refractivity contribution < 1.29 is 37.6 Å². The third kappa shape index (κ3) is 37.3.